The highest BCUT2D eigenvalue weighted by Crippen LogP contribution is 2.29. The summed E-state index contributed by atoms with van der Waals surface area (Å²) in [4.78, 5) is 3.06. The summed E-state index contributed by atoms with van der Waals surface area (Å²) in [6, 6.07) is 5.63. The Balaban J connectivity index is 2.49. The molecular formula is C11H13ClN2O. The molecule has 1 heterocycles. The lowest BCUT2D eigenvalue weighted by atomic mass is 10.1. The predicted molar refractivity (Wildman–Crippen MR) is 61.9 cm³/mol. The fraction of sp³-hybridized carbons (Fsp3) is 0.273. The summed E-state index contributed by atoms with van der Waals surface area (Å²) in [5, 5.41) is 11.5. The third kappa shape index (κ3) is 1.86. The number of H-pyrrole nitrogens is 1. The van der Waals surface area contributed by atoms with Crippen LogP contribution in [0.15, 0.2) is 24.4 Å². The van der Waals surface area contributed by atoms with E-state index in [1.807, 2.05) is 18.2 Å². The maximum atomic E-state index is 9.86. The molecule has 0 radical (unpaired) electrons. The van der Waals surface area contributed by atoms with Gasteiger partial charge in [0.1, 0.15) is 0 Å². The molecule has 0 spiro atoms. The van der Waals surface area contributed by atoms with Gasteiger partial charge in [-0.25, -0.2) is 0 Å². The molecule has 2 aromatic rings. The van der Waals surface area contributed by atoms with Gasteiger partial charge in [0.05, 0.1) is 16.6 Å². The lowest BCUT2D eigenvalue weighted by Crippen LogP contribution is -2.06. The number of fused-ring (bicyclic) bond motifs is 1. The fourth-order valence-corrected chi connectivity index (χ4v) is 1.96. The van der Waals surface area contributed by atoms with E-state index >= 15 is 0 Å². The molecule has 0 saturated carbocycles. The molecule has 4 N–H and O–H groups in total. The number of halogens is 1. The van der Waals surface area contributed by atoms with Gasteiger partial charge in [0.25, 0.3) is 0 Å². The number of rotatable bonds is 3. The van der Waals surface area contributed by atoms with Crippen molar-refractivity contribution in [3.05, 3.63) is 35.0 Å². The van der Waals surface area contributed by atoms with Crippen molar-refractivity contribution in [3.8, 4) is 0 Å². The van der Waals surface area contributed by atoms with Gasteiger partial charge >= 0.3 is 0 Å². The van der Waals surface area contributed by atoms with E-state index in [2.05, 4.69) is 4.98 Å². The molecule has 1 unspecified atom stereocenters. The maximum Gasteiger partial charge on any atom is 0.0822 e. The van der Waals surface area contributed by atoms with E-state index in [1.54, 1.807) is 6.20 Å². The van der Waals surface area contributed by atoms with Crippen LogP contribution in [0.1, 0.15) is 18.1 Å². The maximum absolute atomic E-state index is 9.86. The van der Waals surface area contributed by atoms with Gasteiger partial charge in [0.2, 0.25) is 0 Å². The van der Waals surface area contributed by atoms with Crippen LogP contribution in [0.2, 0.25) is 5.02 Å². The van der Waals surface area contributed by atoms with E-state index < -0.39 is 6.10 Å². The molecule has 0 fully saturated rings. The Morgan fingerprint density at radius 1 is 1.47 bits per heavy atom. The van der Waals surface area contributed by atoms with E-state index in [1.165, 1.54) is 0 Å². The average Bonchev–Trinajstić information content (AvgIpc) is 2.63. The molecule has 15 heavy (non-hydrogen) atoms. The number of benzene rings is 1. The smallest absolute Gasteiger partial charge is 0.0822 e. The first-order chi connectivity index (χ1) is 7.24. The van der Waals surface area contributed by atoms with Crippen molar-refractivity contribution in [2.75, 3.05) is 6.54 Å². The summed E-state index contributed by atoms with van der Waals surface area (Å²) in [5.74, 6) is 0. The minimum Gasteiger partial charge on any atom is -0.388 e. The Hall–Kier alpha value is -1.03. The van der Waals surface area contributed by atoms with Gasteiger partial charge in [-0.15, -0.1) is 0 Å². The summed E-state index contributed by atoms with van der Waals surface area (Å²) in [6.07, 6.45) is 1.82. The number of aromatic nitrogens is 1. The molecule has 1 atom stereocenters. The molecule has 4 heteroatoms. The Kier molecular flexibility index (Phi) is 2.95. The Labute approximate surface area is 92.9 Å². The van der Waals surface area contributed by atoms with Crippen LogP contribution in [0, 0.1) is 0 Å². The van der Waals surface area contributed by atoms with Crippen molar-refractivity contribution in [1.82, 2.24) is 4.98 Å². The van der Waals surface area contributed by atoms with E-state index in [0.29, 0.717) is 18.0 Å². The first-order valence-electron chi connectivity index (χ1n) is 4.87. The summed E-state index contributed by atoms with van der Waals surface area (Å²) >= 11 is 6.01. The zero-order valence-electron chi connectivity index (χ0n) is 8.20. The second kappa shape index (κ2) is 4.23. The average molecular weight is 225 g/mol. The van der Waals surface area contributed by atoms with Crippen LogP contribution in [0.4, 0.5) is 0 Å². The van der Waals surface area contributed by atoms with Gasteiger partial charge in [0.15, 0.2) is 0 Å². The molecule has 0 saturated heterocycles. The quantitative estimate of drug-likeness (QED) is 0.749. The minimum absolute atomic E-state index is 0.467. The molecule has 3 nitrogen and oxygen atoms in total. The zero-order valence-corrected chi connectivity index (χ0v) is 8.96. The van der Waals surface area contributed by atoms with Crippen LogP contribution >= 0.6 is 11.6 Å². The number of aliphatic hydroxyl groups excluding tert-OH is 1. The Bertz CT molecular complexity index is 467. The van der Waals surface area contributed by atoms with Crippen molar-refractivity contribution < 1.29 is 5.11 Å². The monoisotopic (exact) mass is 224 g/mol. The number of nitrogens with one attached hydrogen (secondary N) is 1. The number of aliphatic hydroxyl groups is 1. The van der Waals surface area contributed by atoms with Gasteiger partial charge in [-0.2, -0.15) is 0 Å². The van der Waals surface area contributed by atoms with Crippen molar-refractivity contribution >= 4 is 22.5 Å². The molecule has 0 amide bonds. The highest BCUT2D eigenvalue weighted by Gasteiger charge is 2.12. The highest BCUT2D eigenvalue weighted by atomic mass is 35.5. The number of para-hydroxylation sites is 1. The van der Waals surface area contributed by atoms with Crippen molar-refractivity contribution in [2.24, 2.45) is 5.73 Å². The third-order valence-electron chi connectivity index (χ3n) is 2.50. The van der Waals surface area contributed by atoms with Gasteiger partial charge in [-0.05, 0) is 19.0 Å². The summed E-state index contributed by atoms with van der Waals surface area (Å²) in [6.45, 7) is 0.467. The van der Waals surface area contributed by atoms with E-state index in [0.717, 1.165) is 16.5 Å². The topological polar surface area (TPSA) is 62.0 Å². The fourth-order valence-electron chi connectivity index (χ4n) is 1.73. The number of hydrogen-bond donors (Lipinski definition) is 3. The minimum atomic E-state index is -0.526. The van der Waals surface area contributed by atoms with Gasteiger partial charge in [-0.1, -0.05) is 23.7 Å². The molecule has 0 aliphatic heterocycles. The lowest BCUT2D eigenvalue weighted by Gasteiger charge is -2.07. The van der Waals surface area contributed by atoms with E-state index in [4.69, 9.17) is 17.3 Å². The molecule has 0 aliphatic rings. The molecule has 1 aromatic carbocycles. The summed E-state index contributed by atoms with van der Waals surface area (Å²) < 4.78 is 0. The number of nitrogens with two attached hydrogens (primary N) is 1. The third-order valence-corrected chi connectivity index (χ3v) is 2.81. The molecule has 80 valence electrons. The normalized spacial score (nSPS) is 13.3. The van der Waals surface area contributed by atoms with Crippen LogP contribution in [0.3, 0.4) is 0 Å². The number of hydrogen-bond acceptors (Lipinski definition) is 2. The van der Waals surface area contributed by atoms with Gasteiger partial charge in [0, 0.05) is 17.1 Å². The first kappa shape index (κ1) is 10.5. The molecular weight excluding hydrogens is 212 g/mol. The van der Waals surface area contributed by atoms with Crippen LogP contribution in [0.5, 0.6) is 0 Å². The molecule has 0 aliphatic carbocycles. The van der Waals surface area contributed by atoms with Crippen LogP contribution < -0.4 is 5.73 Å². The largest absolute Gasteiger partial charge is 0.388 e. The van der Waals surface area contributed by atoms with Crippen molar-refractivity contribution in [2.45, 2.75) is 12.5 Å². The summed E-state index contributed by atoms with van der Waals surface area (Å²) in [7, 11) is 0. The second-order valence-corrected chi connectivity index (χ2v) is 3.91. The second-order valence-electron chi connectivity index (χ2n) is 3.50. The van der Waals surface area contributed by atoms with Crippen molar-refractivity contribution in [1.29, 1.82) is 0 Å². The predicted octanol–water partition coefficient (Wildman–Crippen LogP) is 2.20. The van der Waals surface area contributed by atoms with Gasteiger partial charge < -0.3 is 15.8 Å². The number of aromatic amines is 1. The lowest BCUT2D eigenvalue weighted by molar-refractivity contribution is 0.172. The van der Waals surface area contributed by atoms with Crippen LogP contribution in [-0.4, -0.2) is 16.6 Å². The van der Waals surface area contributed by atoms with E-state index in [-0.39, 0.29) is 0 Å². The first-order valence-corrected chi connectivity index (χ1v) is 5.25. The molecule has 1 aromatic heterocycles. The highest BCUT2D eigenvalue weighted by molar-refractivity contribution is 6.35. The van der Waals surface area contributed by atoms with E-state index in [9.17, 15) is 5.11 Å². The van der Waals surface area contributed by atoms with Crippen LogP contribution in [-0.2, 0) is 0 Å². The van der Waals surface area contributed by atoms with Gasteiger partial charge in [-0.3, -0.25) is 0 Å². The van der Waals surface area contributed by atoms with Crippen molar-refractivity contribution in [3.63, 3.8) is 0 Å². The SMILES string of the molecule is NCCC(O)c1c[nH]c2c(Cl)cccc12. The molecule has 2 rings (SSSR count). The standard InChI is InChI=1S/C11H13ClN2O/c12-9-3-1-2-7-8(6-14-11(7)9)10(15)4-5-13/h1-3,6,10,14-15H,4-5,13H2. The zero-order chi connectivity index (χ0) is 10.8. The van der Waals surface area contributed by atoms with Crippen LogP contribution in [0.25, 0.3) is 10.9 Å². The Morgan fingerprint density at radius 3 is 3.00 bits per heavy atom. The summed E-state index contributed by atoms with van der Waals surface area (Å²) in [5.41, 5.74) is 7.14. The molecule has 0 bridgehead atoms. The Morgan fingerprint density at radius 2 is 2.27 bits per heavy atom.